The summed E-state index contributed by atoms with van der Waals surface area (Å²) in [5.74, 6) is -0.0181. The summed E-state index contributed by atoms with van der Waals surface area (Å²) in [5.41, 5.74) is 7.22. The molecule has 0 saturated heterocycles. The van der Waals surface area contributed by atoms with Crippen LogP contribution >= 0.6 is 11.3 Å². The molecule has 0 aromatic carbocycles. The number of ether oxygens (including phenoxy) is 1. The largest absolute Gasteiger partial charge is 0.469 e. The van der Waals surface area contributed by atoms with E-state index in [1.54, 1.807) is 11.3 Å². The number of carbonyl (C=O) groups excluding carboxylic acids is 2. The highest BCUT2D eigenvalue weighted by Gasteiger charge is 2.26. The molecule has 0 radical (unpaired) electrons. The van der Waals surface area contributed by atoms with E-state index < -0.39 is 5.91 Å². The first-order valence-corrected chi connectivity index (χ1v) is 7.59. The van der Waals surface area contributed by atoms with Gasteiger partial charge in [0.15, 0.2) is 0 Å². The van der Waals surface area contributed by atoms with Crippen molar-refractivity contribution in [2.24, 2.45) is 11.7 Å². The number of esters is 1. The van der Waals surface area contributed by atoms with Crippen LogP contribution < -0.4 is 11.1 Å². The molecule has 0 aliphatic heterocycles. The quantitative estimate of drug-likeness (QED) is 0.814. The molecule has 1 aromatic rings. The van der Waals surface area contributed by atoms with Crippen molar-refractivity contribution in [2.45, 2.75) is 32.6 Å². The van der Waals surface area contributed by atoms with Gasteiger partial charge < -0.3 is 15.8 Å². The molecule has 1 unspecified atom stereocenters. The lowest BCUT2D eigenvalue weighted by Gasteiger charge is -2.18. The first-order valence-electron chi connectivity index (χ1n) is 6.78. The van der Waals surface area contributed by atoms with Gasteiger partial charge in [0.2, 0.25) is 0 Å². The summed E-state index contributed by atoms with van der Waals surface area (Å²) in [7, 11) is 1.36. The third-order valence-electron chi connectivity index (χ3n) is 3.60. The smallest absolute Gasteiger partial charge is 0.307 e. The van der Waals surface area contributed by atoms with Crippen LogP contribution in [0.2, 0.25) is 0 Å². The molecule has 110 valence electrons. The topological polar surface area (TPSA) is 81.4 Å². The lowest BCUT2D eigenvalue weighted by atomic mass is 9.88. The Hall–Kier alpha value is -1.56. The Morgan fingerprint density at radius 2 is 2.25 bits per heavy atom. The Balaban J connectivity index is 2.16. The summed E-state index contributed by atoms with van der Waals surface area (Å²) < 4.78 is 4.59. The summed E-state index contributed by atoms with van der Waals surface area (Å²) in [6, 6.07) is 0. The third kappa shape index (κ3) is 3.12. The molecule has 20 heavy (non-hydrogen) atoms. The fraction of sp³-hybridized carbons (Fsp3) is 0.571. The zero-order valence-electron chi connectivity index (χ0n) is 11.8. The first-order chi connectivity index (χ1) is 9.52. The minimum atomic E-state index is -0.391. The summed E-state index contributed by atoms with van der Waals surface area (Å²) in [5, 5.41) is 3.94. The lowest BCUT2D eigenvalue weighted by Crippen LogP contribution is -2.18. The maximum Gasteiger partial charge on any atom is 0.307 e. The number of anilines is 1. The molecule has 1 aliphatic carbocycles. The van der Waals surface area contributed by atoms with E-state index in [0.29, 0.717) is 18.0 Å². The maximum absolute atomic E-state index is 11.7. The van der Waals surface area contributed by atoms with Crippen LogP contribution in [-0.2, 0) is 22.4 Å². The Morgan fingerprint density at radius 1 is 1.50 bits per heavy atom. The summed E-state index contributed by atoms with van der Waals surface area (Å²) >= 11 is 1.59. The molecule has 6 heteroatoms. The Labute approximate surface area is 122 Å². The van der Waals surface area contributed by atoms with Gasteiger partial charge in [0.1, 0.15) is 5.00 Å². The molecule has 5 nitrogen and oxygen atoms in total. The highest BCUT2D eigenvalue weighted by molar-refractivity contribution is 7.16. The van der Waals surface area contributed by atoms with Crippen molar-refractivity contribution in [3.63, 3.8) is 0 Å². The van der Waals surface area contributed by atoms with Gasteiger partial charge >= 0.3 is 5.97 Å². The number of amides is 1. The van der Waals surface area contributed by atoms with Crippen LogP contribution in [0.15, 0.2) is 0 Å². The molecule has 0 spiro atoms. The highest BCUT2D eigenvalue weighted by Crippen LogP contribution is 2.39. The number of nitrogens with two attached hydrogens (primary N) is 1. The number of methoxy groups -OCH3 is 1. The standard InChI is InChI=1S/C14H20N2O3S/c1-8-3-4-9-10(7-8)20-14(12(9)13(15)18)16-6-5-11(17)19-2/h8,16H,3-7H2,1-2H3,(H2,15,18). The molecular formula is C14H20N2O3S. The number of thiophene rings is 1. The van der Waals surface area contributed by atoms with Gasteiger partial charge in [0.25, 0.3) is 5.91 Å². The van der Waals surface area contributed by atoms with Crippen molar-refractivity contribution >= 4 is 28.2 Å². The minimum Gasteiger partial charge on any atom is -0.469 e. The highest BCUT2D eigenvalue weighted by atomic mass is 32.1. The van der Waals surface area contributed by atoms with E-state index in [4.69, 9.17) is 5.73 Å². The van der Waals surface area contributed by atoms with Crippen LogP contribution in [0, 0.1) is 5.92 Å². The van der Waals surface area contributed by atoms with E-state index in [-0.39, 0.29) is 12.4 Å². The molecule has 1 aromatic heterocycles. The van der Waals surface area contributed by atoms with Gasteiger partial charge in [0.05, 0.1) is 19.1 Å². The SMILES string of the molecule is COC(=O)CCNc1sc2c(c1C(N)=O)CCC(C)C2. The van der Waals surface area contributed by atoms with Crippen molar-refractivity contribution in [3.05, 3.63) is 16.0 Å². The average molecular weight is 296 g/mol. The van der Waals surface area contributed by atoms with E-state index in [1.165, 1.54) is 12.0 Å². The number of carbonyl (C=O) groups is 2. The predicted molar refractivity (Wildman–Crippen MR) is 79.1 cm³/mol. The van der Waals surface area contributed by atoms with E-state index in [9.17, 15) is 9.59 Å². The van der Waals surface area contributed by atoms with Gasteiger partial charge in [-0.3, -0.25) is 9.59 Å². The van der Waals surface area contributed by atoms with Crippen molar-refractivity contribution in [1.82, 2.24) is 0 Å². The predicted octanol–water partition coefficient (Wildman–Crippen LogP) is 1.95. The maximum atomic E-state index is 11.7. The van der Waals surface area contributed by atoms with E-state index in [2.05, 4.69) is 17.0 Å². The van der Waals surface area contributed by atoms with E-state index in [1.807, 2.05) is 0 Å². The summed E-state index contributed by atoms with van der Waals surface area (Å²) in [4.78, 5) is 24.0. The number of rotatable bonds is 5. The molecule has 1 heterocycles. The zero-order valence-corrected chi connectivity index (χ0v) is 12.6. The second-order valence-electron chi connectivity index (χ2n) is 5.17. The zero-order chi connectivity index (χ0) is 14.7. The van der Waals surface area contributed by atoms with Crippen LogP contribution in [-0.4, -0.2) is 25.5 Å². The van der Waals surface area contributed by atoms with Crippen LogP contribution in [0.25, 0.3) is 0 Å². The molecule has 1 aliphatic rings. The van der Waals surface area contributed by atoms with Crippen LogP contribution in [0.1, 0.15) is 40.6 Å². The van der Waals surface area contributed by atoms with Crippen molar-refractivity contribution in [3.8, 4) is 0 Å². The van der Waals surface area contributed by atoms with Gasteiger partial charge in [-0.15, -0.1) is 11.3 Å². The normalized spacial score (nSPS) is 17.4. The fourth-order valence-corrected chi connectivity index (χ4v) is 3.96. The molecule has 2 rings (SSSR count). The molecule has 0 bridgehead atoms. The Bertz CT molecular complexity index is 525. The molecule has 0 saturated carbocycles. The van der Waals surface area contributed by atoms with Gasteiger partial charge in [-0.2, -0.15) is 0 Å². The third-order valence-corrected chi connectivity index (χ3v) is 4.81. The number of fused-ring (bicyclic) bond motifs is 1. The summed E-state index contributed by atoms with van der Waals surface area (Å²) in [6.45, 7) is 2.67. The van der Waals surface area contributed by atoms with Gasteiger partial charge in [-0.1, -0.05) is 6.92 Å². The van der Waals surface area contributed by atoms with Gasteiger partial charge in [-0.05, 0) is 30.7 Å². The van der Waals surface area contributed by atoms with Crippen LogP contribution in [0.4, 0.5) is 5.00 Å². The van der Waals surface area contributed by atoms with E-state index in [0.717, 1.165) is 29.8 Å². The second-order valence-corrected chi connectivity index (χ2v) is 6.28. The number of hydrogen-bond acceptors (Lipinski definition) is 5. The Morgan fingerprint density at radius 3 is 2.90 bits per heavy atom. The summed E-state index contributed by atoms with van der Waals surface area (Å²) in [6.07, 6.45) is 3.27. The molecule has 3 N–H and O–H groups in total. The second kappa shape index (κ2) is 6.26. The molecule has 1 atom stereocenters. The van der Waals surface area contributed by atoms with E-state index >= 15 is 0 Å². The van der Waals surface area contributed by atoms with Crippen molar-refractivity contribution in [1.29, 1.82) is 0 Å². The molecule has 1 amide bonds. The lowest BCUT2D eigenvalue weighted by molar-refractivity contribution is -0.140. The van der Waals surface area contributed by atoms with Gasteiger partial charge in [0, 0.05) is 11.4 Å². The number of nitrogens with one attached hydrogen (secondary N) is 1. The van der Waals surface area contributed by atoms with Gasteiger partial charge in [-0.25, -0.2) is 0 Å². The Kier molecular flexibility index (Phi) is 4.65. The van der Waals surface area contributed by atoms with Crippen molar-refractivity contribution in [2.75, 3.05) is 19.0 Å². The minimum absolute atomic E-state index is 0.270. The fourth-order valence-electron chi connectivity index (χ4n) is 2.52. The molecular weight excluding hydrogens is 276 g/mol. The number of hydrogen-bond donors (Lipinski definition) is 2. The van der Waals surface area contributed by atoms with Crippen molar-refractivity contribution < 1.29 is 14.3 Å². The first kappa shape index (κ1) is 14.8. The number of primary amides is 1. The monoisotopic (exact) mass is 296 g/mol. The average Bonchev–Trinajstić information content (AvgIpc) is 2.75. The van der Waals surface area contributed by atoms with Crippen LogP contribution in [0.3, 0.4) is 0 Å². The van der Waals surface area contributed by atoms with Crippen LogP contribution in [0.5, 0.6) is 0 Å². The molecule has 0 fully saturated rings.